The van der Waals surface area contributed by atoms with Gasteiger partial charge in [-0.2, -0.15) is 0 Å². The highest BCUT2D eigenvalue weighted by molar-refractivity contribution is 6.37. The van der Waals surface area contributed by atoms with Gasteiger partial charge in [0, 0.05) is 6.20 Å². The molecule has 2 aromatic heterocycles. The Kier molecular flexibility index (Phi) is 3.52. The van der Waals surface area contributed by atoms with E-state index >= 15 is 0 Å². The third-order valence-corrected chi connectivity index (χ3v) is 3.52. The van der Waals surface area contributed by atoms with Crippen LogP contribution >= 0.6 is 11.6 Å². The molecule has 0 unspecified atom stereocenters. The van der Waals surface area contributed by atoms with Crippen molar-refractivity contribution in [2.24, 2.45) is 0 Å². The van der Waals surface area contributed by atoms with Gasteiger partial charge < -0.3 is 15.8 Å². The van der Waals surface area contributed by atoms with Crippen LogP contribution in [0.3, 0.4) is 0 Å². The third kappa shape index (κ3) is 2.40. The average Bonchev–Trinajstić information content (AvgIpc) is 2.86. The maximum absolute atomic E-state index is 11.6. The fourth-order valence-corrected chi connectivity index (χ4v) is 2.51. The second-order valence-corrected chi connectivity index (χ2v) is 4.91. The summed E-state index contributed by atoms with van der Waals surface area (Å²) in [5.41, 5.74) is 7.53. The van der Waals surface area contributed by atoms with E-state index in [0.717, 1.165) is 5.56 Å². The Morgan fingerprint density at radius 3 is 2.55 bits per heavy atom. The fourth-order valence-electron chi connectivity index (χ4n) is 2.19. The summed E-state index contributed by atoms with van der Waals surface area (Å²) < 4.78 is 0. The first kappa shape index (κ1) is 14.1. The molecule has 0 saturated carbocycles. The Bertz CT molecular complexity index is 846. The summed E-state index contributed by atoms with van der Waals surface area (Å²) >= 11 is 6.25. The van der Waals surface area contributed by atoms with E-state index in [1.807, 2.05) is 18.2 Å². The standard InChI is InChI=1S/C15H11ClN4O2/c16-11-10(14(21)22)12(8-4-2-1-3-5-8)20-13(11)9-6-7-18-15(17)19-9/h1-7,20H,(H,21,22)(H2,17,18,19). The number of aromatic nitrogens is 3. The van der Waals surface area contributed by atoms with Crippen molar-refractivity contribution in [1.29, 1.82) is 0 Å². The van der Waals surface area contributed by atoms with Gasteiger partial charge in [0.25, 0.3) is 0 Å². The highest BCUT2D eigenvalue weighted by atomic mass is 35.5. The van der Waals surface area contributed by atoms with Crippen LogP contribution in [-0.2, 0) is 0 Å². The number of carboxylic acid groups (broad SMARTS) is 1. The van der Waals surface area contributed by atoms with Crippen molar-refractivity contribution >= 4 is 23.5 Å². The number of rotatable bonds is 3. The zero-order valence-corrected chi connectivity index (χ0v) is 12.0. The molecule has 0 radical (unpaired) electrons. The van der Waals surface area contributed by atoms with Gasteiger partial charge in [0.1, 0.15) is 5.56 Å². The zero-order chi connectivity index (χ0) is 15.7. The van der Waals surface area contributed by atoms with Gasteiger partial charge in [-0.1, -0.05) is 41.9 Å². The Morgan fingerprint density at radius 1 is 1.18 bits per heavy atom. The van der Waals surface area contributed by atoms with Gasteiger partial charge in [0.2, 0.25) is 5.95 Å². The van der Waals surface area contributed by atoms with E-state index in [9.17, 15) is 9.90 Å². The molecule has 0 atom stereocenters. The number of nitrogens with two attached hydrogens (primary N) is 1. The number of halogens is 1. The van der Waals surface area contributed by atoms with Gasteiger partial charge in [-0.3, -0.25) is 0 Å². The number of H-pyrrole nitrogens is 1. The number of carbonyl (C=O) groups is 1. The second-order valence-electron chi connectivity index (χ2n) is 4.54. The SMILES string of the molecule is Nc1nccc(-c2[nH]c(-c3ccccc3)c(C(=O)O)c2Cl)n1. The lowest BCUT2D eigenvalue weighted by Gasteiger charge is -2.00. The second kappa shape index (κ2) is 5.50. The molecule has 22 heavy (non-hydrogen) atoms. The molecule has 0 saturated heterocycles. The number of nitrogens with one attached hydrogen (secondary N) is 1. The number of carboxylic acids is 1. The van der Waals surface area contributed by atoms with Crippen molar-refractivity contribution in [3.63, 3.8) is 0 Å². The van der Waals surface area contributed by atoms with E-state index in [-0.39, 0.29) is 16.5 Å². The van der Waals surface area contributed by atoms with Crippen LogP contribution in [0.5, 0.6) is 0 Å². The maximum atomic E-state index is 11.6. The van der Waals surface area contributed by atoms with Crippen molar-refractivity contribution in [3.05, 3.63) is 53.2 Å². The van der Waals surface area contributed by atoms with Crippen LogP contribution < -0.4 is 5.73 Å². The highest BCUT2D eigenvalue weighted by Crippen LogP contribution is 2.36. The number of nitrogen functional groups attached to an aromatic ring is 1. The lowest BCUT2D eigenvalue weighted by Crippen LogP contribution is -1.97. The first-order chi connectivity index (χ1) is 10.6. The maximum Gasteiger partial charge on any atom is 0.339 e. The Morgan fingerprint density at radius 2 is 1.91 bits per heavy atom. The smallest absolute Gasteiger partial charge is 0.339 e. The van der Waals surface area contributed by atoms with Gasteiger partial charge in [-0.25, -0.2) is 14.8 Å². The summed E-state index contributed by atoms with van der Waals surface area (Å²) in [6, 6.07) is 10.7. The number of anilines is 1. The largest absolute Gasteiger partial charge is 0.478 e. The number of aromatic carboxylic acids is 1. The Hall–Kier alpha value is -2.86. The predicted octanol–water partition coefficient (Wildman–Crippen LogP) is 3.07. The molecule has 7 heteroatoms. The molecule has 0 aliphatic rings. The van der Waals surface area contributed by atoms with Crippen LogP contribution in [0.4, 0.5) is 5.95 Å². The van der Waals surface area contributed by atoms with E-state index in [2.05, 4.69) is 15.0 Å². The predicted molar refractivity (Wildman–Crippen MR) is 83.6 cm³/mol. The van der Waals surface area contributed by atoms with Crippen molar-refractivity contribution in [2.75, 3.05) is 5.73 Å². The minimum Gasteiger partial charge on any atom is -0.478 e. The lowest BCUT2D eigenvalue weighted by molar-refractivity contribution is 0.0698. The molecule has 0 aliphatic heterocycles. The number of nitrogens with zero attached hydrogens (tertiary/aromatic N) is 2. The van der Waals surface area contributed by atoms with Crippen molar-refractivity contribution in [2.45, 2.75) is 0 Å². The summed E-state index contributed by atoms with van der Waals surface area (Å²) in [5.74, 6) is -1.03. The summed E-state index contributed by atoms with van der Waals surface area (Å²) in [6.07, 6.45) is 1.48. The topological polar surface area (TPSA) is 105 Å². The lowest BCUT2D eigenvalue weighted by atomic mass is 10.1. The third-order valence-electron chi connectivity index (χ3n) is 3.15. The summed E-state index contributed by atoms with van der Waals surface area (Å²) in [5, 5.41) is 9.55. The van der Waals surface area contributed by atoms with Crippen molar-refractivity contribution in [1.82, 2.24) is 15.0 Å². The molecule has 3 rings (SSSR count). The minimum absolute atomic E-state index is 0.0000466. The van der Waals surface area contributed by atoms with Crippen LogP contribution in [0, 0.1) is 0 Å². The van der Waals surface area contributed by atoms with E-state index < -0.39 is 5.97 Å². The van der Waals surface area contributed by atoms with Gasteiger partial charge in [0.05, 0.1) is 22.1 Å². The molecule has 110 valence electrons. The molecule has 0 spiro atoms. The van der Waals surface area contributed by atoms with Crippen LogP contribution in [0.1, 0.15) is 10.4 Å². The number of benzene rings is 1. The van der Waals surface area contributed by atoms with Crippen LogP contribution in [0.2, 0.25) is 5.02 Å². The Balaban J connectivity index is 2.24. The quantitative estimate of drug-likeness (QED) is 0.689. The van der Waals surface area contributed by atoms with Crippen LogP contribution in [0.15, 0.2) is 42.6 Å². The van der Waals surface area contributed by atoms with E-state index in [1.165, 1.54) is 6.20 Å². The van der Waals surface area contributed by atoms with Gasteiger partial charge in [-0.05, 0) is 11.6 Å². The van der Waals surface area contributed by atoms with E-state index in [0.29, 0.717) is 17.1 Å². The normalized spacial score (nSPS) is 10.6. The fraction of sp³-hybridized carbons (Fsp3) is 0. The highest BCUT2D eigenvalue weighted by Gasteiger charge is 2.24. The van der Waals surface area contributed by atoms with Crippen molar-refractivity contribution in [3.8, 4) is 22.6 Å². The number of hydrogen-bond donors (Lipinski definition) is 3. The summed E-state index contributed by atoms with van der Waals surface area (Å²) in [6.45, 7) is 0. The van der Waals surface area contributed by atoms with E-state index in [1.54, 1.807) is 18.2 Å². The van der Waals surface area contributed by atoms with Gasteiger partial charge in [-0.15, -0.1) is 0 Å². The van der Waals surface area contributed by atoms with E-state index in [4.69, 9.17) is 17.3 Å². The average molecular weight is 315 g/mol. The molecule has 2 heterocycles. The monoisotopic (exact) mass is 314 g/mol. The molecule has 0 amide bonds. The zero-order valence-electron chi connectivity index (χ0n) is 11.2. The molecule has 6 nitrogen and oxygen atoms in total. The molecule has 1 aromatic carbocycles. The summed E-state index contributed by atoms with van der Waals surface area (Å²) in [4.78, 5) is 22.5. The summed E-state index contributed by atoms with van der Waals surface area (Å²) in [7, 11) is 0. The number of hydrogen-bond acceptors (Lipinski definition) is 4. The van der Waals surface area contributed by atoms with Crippen molar-refractivity contribution < 1.29 is 9.90 Å². The molecule has 0 aliphatic carbocycles. The molecule has 0 bridgehead atoms. The first-order valence-electron chi connectivity index (χ1n) is 6.37. The molecular weight excluding hydrogens is 304 g/mol. The van der Waals surface area contributed by atoms with Crippen LogP contribution in [-0.4, -0.2) is 26.0 Å². The Labute approximate surface area is 130 Å². The number of aromatic amines is 1. The van der Waals surface area contributed by atoms with Crippen LogP contribution in [0.25, 0.3) is 22.6 Å². The molecule has 3 aromatic rings. The molecule has 0 fully saturated rings. The first-order valence-corrected chi connectivity index (χ1v) is 6.75. The molecular formula is C15H11ClN4O2. The van der Waals surface area contributed by atoms with Gasteiger partial charge in [0.15, 0.2) is 0 Å². The van der Waals surface area contributed by atoms with Gasteiger partial charge >= 0.3 is 5.97 Å². The molecule has 4 N–H and O–H groups in total. The minimum atomic E-state index is -1.12.